The summed E-state index contributed by atoms with van der Waals surface area (Å²) in [6.45, 7) is -0.221. The van der Waals surface area contributed by atoms with Gasteiger partial charge in [0, 0.05) is 39.3 Å². The third-order valence-electron chi connectivity index (χ3n) is 8.08. The molecular formula is C24H43BrN2O7S. The number of carbonyl (C=O) groups excluding carboxylic acids is 1. The number of alkyl halides is 1. The first-order valence-corrected chi connectivity index (χ1v) is 15.2. The van der Waals surface area contributed by atoms with Gasteiger partial charge in [0.05, 0.1) is 42.3 Å². The molecule has 8 unspecified atom stereocenters. The van der Waals surface area contributed by atoms with E-state index in [0.717, 1.165) is 32.1 Å². The minimum atomic E-state index is -3.83. The molecular weight excluding hydrogens is 540 g/mol. The molecule has 1 N–H and O–H groups in total. The molecule has 8 atom stereocenters. The van der Waals surface area contributed by atoms with E-state index in [1.807, 2.05) is 0 Å². The predicted octanol–water partition coefficient (Wildman–Crippen LogP) is 2.61. The maximum Gasteiger partial charge on any atom is 0.235 e. The Labute approximate surface area is 219 Å². The predicted molar refractivity (Wildman–Crippen MR) is 137 cm³/mol. The lowest BCUT2D eigenvalue weighted by Crippen LogP contribution is -2.58. The van der Waals surface area contributed by atoms with E-state index >= 15 is 0 Å². The number of carbonyl (C=O) groups is 1. The highest BCUT2D eigenvalue weighted by atomic mass is 79.9. The molecule has 0 aliphatic heterocycles. The van der Waals surface area contributed by atoms with Crippen molar-refractivity contribution in [1.29, 1.82) is 0 Å². The van der Waals surface area contributed by atoms with Crippen LogP contribution in [0.15, 0.2) is 0 Å². The van der Waals surface area contributed by atoms with E-state index in [4.69, 9.17) is 18.9 Å². The van der Waals surface area contributed by atoms with Gasteiger partial charge in [0.1, 0.15) is 0 Å². The molecule has 11 heteroatoms. The Kier molecular flexibility index (Phi) is 11.3. The number of methoxy groups -OCH3 is 4. The summed E-state index contributed by atoms with van der Waals surface area (Å²) in [5, 5.41) is 2.45. The quantitative estimate of drug-likeness (QED) is 0.395. The second-order valence-corrected chi connectivity index (χ2v) is 13.4. The molecule has 0 aromatic heterocycles. The minimum absolute atomic E-state index is 0.00659. The number of hydrogen-bond acceptors (Lipinski definition) is 7. The van der Waals surface area contributed by atoms with E-state index in [-0.39, 0.29) is 47.7 Å². The summed E-state index contributed by atoms with van der Waals surface area (Å²) in [7, 11) is 2.64. The minimum Gasteiger partial charge on any atom is -0.381 e. The van der Waals surface area contributed by atoms with E-state index in [1.165, 1.54) is 4.31 Å². The number of sulfonamides is 1. The van der Waals surface area contributed by atoms with Gasteiger partial charge in [-0.2, -0.15) is 4.31 Å². The van der Waals surface area contributed by atoms with Crippen molar-refractivity contribution in [2.75, 3.05) is 35.0 Å². The molecule has 9 nitrogen and oxygen atoms in total. The summed E-state index contributed by atoms with van der Waals surface area (Å²) in [5.74, 6) is -0.270. The Hall–Kier alpha value is -0.300. The Morgan fingerprint density at radius 1 is 0.857 bits per heavy atom. The van der Waals surface area contributed by atoms with E-state index in [0.29, 0.717) is 32.1 Å². The highest BCUT2D eigenvalue weighted by Gasteiger charge is 2.46. The van der Waals surface area contributed by atoms with Crippen molar-refractivity contribution in [3.63, 3.8) is 0 Å². The van der Waals surface area contributed by atoms with E-state index in [2.05, 4.69) is 21.2 Å². The number of halogens is 1. The highest BCUT2D eigenvalue weighted by molar-refractivity contribution is 9.09. The number of hydrogen-bond donors (Lipinski definition) is 1. The summed E-state index contributed by atoms with van der Waals surface area (Å²) in [6, 6.07) is -0.464. The smallest absolute Gasteiger partial charge is 0.235 e. The maximum absolute atomic E-state index is 14.1. The summed E-state index contributed by atoms with van der Waals surface area (Å²) in [5.41, 5.74) is 0. The van der Waals surface area contributed by atoms with Gasteiger partial charge in [-0.1, -0.05) is 28.8 Å². The third kappa shape index (κ3) is 7.18. The average molecular weight is 584 g/mol. The molecule has 3 fully saturated rings. The lowest BCUT2D eigenvalue weighted by molar-refractivity contribution is -0.123. The van der Waals surface area contributed by atoms with Gasteiger partial charge < -0.3 is 24.3 Å². The van der Waals surface area contributed by atoms with E-state index in [1.54, 1.807) is 28.4 Å². The van der Waals surface area contributed by atoms with Crippen LogP contribution in [0.1, 0.15) is 64.2 Å². The van der Waals surface area contributed by atoms with Crippen molar-refractivity contribution in [3.8, 4) is 0 Å². The fourth-order valence-electron chi connectivity index (χ4n) is 5.96. The molecule has 0 spiro atoms. The molecule has 3 aliphatic rings. The van der Waals surface area contributed by atoms with Crippen LogP contribution in [-0.4, -0.2) is 100 Å². The Bertz CT molecular complexity index is 786. The Morgan fingerprint density at radius 2 is 1.51 bits per heavy atom. The van der Waals surface area contributed by atoms with Crippen LogP contribution in [0.4, 0.5) is 0 Å². The van der Waals surface area contributed by atoms with Crippen LogP contribution in [0.3, 0.4) is 0 Å². The van der Waals surface area contributed by atoms with Crippen molar-refractivity contribution in [2.45, 2.75) is 111 Å². The van der Waals surface area contributed by atoms with Gasteiger partial charge in [-0.05, 0) is 51.4 Å². The summed E-state index contributed by atoms with van der Waals surface area (Å²) in [4.78, 5) is 13.5. The molecule has 35 heavy (non-hydrogen) atoms. The fourth-order valence-corrected chi connectivity index (χ4v) is 8.82. The first-order chi connectivity index (χ1) is 16.7. The maximum atomic E-state index is 14.1. The molecule has 0 saturated heterocycles. The molecule has 0 bridgehead atoms. The van der Waals surface area contributed by atoms with Crippen molar-refractivity contribution >= 4 is 31.9 Å². The summed E-state index contributed by atoms with van der Waals surface area (Å²) in [6.07, 6.45) is 6.61. The van der Waals surface area contributed by atoms with Crippen molar-refractivity contribution in [1.82, 2.24) is 9.62 Å². The van der Waals surface area contributed by atoms with Gasteiger partial charge in [0.2, 0.25) is 15.9 Å². The van der Waals surface area contributed by atoms with Crippen LogP contribution in [0.5, 0.6) is 0 Å². The van der Waals surface area contributed by atoms with Gasteiger partial charge in [-0.3, -0.25) is 4.79 Å². The second kappa shape index (κ2) is 13.5. The average Bonchev–Trinajstić information content (AvgIpc) is 2.87. The number of amides is 1. The Morgan fingerprint density at radius 3 is 2.14 bits per heavy atom. The lowest BCUT2D eigenvalue weighted by Gasteiger charge is -2.43. The first-order valence-electron chi connectivity index (χ1n) is 12.8. The van der Waals surface area contributed by atoms with Crippen LogP contribution in [0.25, 0.3) is 0 Å². The van der Waals surface area contributed by atoms with Crippen LogP contribution in [0.2, 0.25) is 0 Å². The van der Waals surface area contributed by atoms with Gasteiger partial charge >= 0.3 is 0 Å². The van der Waals surface area contributed by atoms with Crippen LogP contribution >= 0.6 is 15.9 Å². The van der Waals surface area contributed by atoms with E-state index < -0.39 is 21.3 Å². The fraction of sp³-hybridized carbons (Fsp3) is 0.958. The van der Waals surface area contributed by atoms with Gasteiger partial charge in [0.25, 0.3) is 0 Å². The standard InChI is InChI=1S/C24H43BrN2O7S/c1-31-16-9-11-21(32-2)20(13-16)27(15-24(28)26-19-8-6-5-7-18(19)25)35(29,30)17-10-12-22(33-3)23(14-17)34-4/h16-23H,5-15H2,1-4H3,(H,26,28). The number of nitrogens with one attached hydrogen (secondary N) is 1. The summed E-state index contributed by atoms with van der Waals surface area (Å²) < 4.78 is 52.1. The molecule has 1 amide bonds. The van der Waals surface area contributed by atoms with Crippen LogP contribution in [0, 0.1) is 0 Å². The molecule has 3 saturated carbocycles. The number of ether oxygens (including phenoxy) is 4. The lowest BCUT2D eigenvalue weighted by atomic mass is 9.90. The van der Waals surface area contributed by atoms with Gasteiger partial charge in [-0.25, -0.2) is 8.42 Å². The number of rotatable bonds is 10. The van der Waals surface area contributed by atoms with E-state index in [9.17, 15) is 13.2 Å². The zero-order valence-corrected chi connectivity index (χ0v) is 23.9. The molecule has 204 valence electrons. The highest BCUT2D eigenvalue weighted by Crippen LogP contribution is 2.35. The zero-order chi connectivity index (χ0) is 25.6. The Balaban J connectivity index is 1.85. The van der Waals surface area contributed by atoms with Crippen LogP contribution in [-0.2, 0) is 33.8 Å². The molecule has 0 heterocycles. The zero-order valence-electron chi connectivity index (χ0n) is 21.5. The third-order valence-corrected chi connectivity index (χ3v) is 11.5. The van der Waals surface area contributed by atoms with Crippen molar-refractivity contribution in [2.24, 2.45) is 0 Å². The van der Waals surface area contributed by atoms with Gasteiger partial charge in [-0.15, -0.1) is 0 Å². The van der Waals surface area contributed by atoms with Crippen LogP contribution < -0.4 is 5.32 Å². The molecule has 3 aliphatic carbocycles. The summed E-state index contributed by atoms with van der Waals surface area (Å²) >= 11 is 3.68. The first kappa shape index (κ1) is 29.3. The molecule has 3 rings (SSSR count). The SMILES string of the molecule is COC1CCC(OC)C(N(CC(=O)NC2CCCCC2Br)S(=O)(=O)C2CCC(OC)C(OC)C2)C1. The molecule has 0 aromatic rings. The molecule has 0 radical (unpaired) electrons. The number of nitrogens with zero attached hydrogens (tertiary/aromatic N) is 1. The second-order valence-electron chi connectivity index (χ2n) is 10.1. The van der Waals surface area contributed by atoms with Gasteiger partial charge in [0.15, 0.2) is 0 Å². The largest absolute Gasteiger partial charge is 0.381 e. The topological polar surface area (TPSA) is 103 Å². The normalized spacial score (nSPS) is 36.7. The molecule has 0 aromatic carbocycles. The van der Waals surface area contributed by atoms with Crippen molar-refractivity contribution in [3.05, 3.63) is 0 Å². The van der Waals surface area contributed by atoms with Crippen molar-refractivity contribution < 1.29 is 32.2 Å². The monoisotopic (exact) mass is 582 g/mol.